The predicted octanol–water partition coefficient (Wildman–Crippen LogP) is 2.42. The number of carbonyl (C=O) groups excluding carboxylic acids is 1. The van der Waals surface area contributed by atoms with Gasteiger partial charge in [0.15, 0.2) is 0 Å². The summed E-state index contributed by atoms with van der Waals surface area (Å²) in [6.07, 6.45) is 8.78. The molecule has 1 amide bonds. The standard InChI is InChI=1S/C17H28N4O.ClH/c1-16(2)5-3-12-20(14-8-16)15(22)17(6-10-18-11-7-17)21-13-4-9-19-21;/h4,9,13,18H,3,5-8,10-12,14H2,1-2H3;1H. The van der Waals surface area contributed by atoms with Crippen LogP contribution in [-0.4, -0.2) is 46.8 Å². The van der Waals surface area contributed by atoms with Crippen LogP contribution < -0.4 is 5.32 Å². The average molecular weight is 341 g/mol. The maximum Gasteiger partial charge on any atom is 0.250 e. The number of rotatable bonds is 2. The van der Waals surface area contributed by atoms with Crippen molar-refractivity contribution in [3.63, 3.8) is 0 Å². The van der Waals surface area contributed by atoms with Crippen molar-refractivity contribution in [1.82, 2.24) is 20.0 Å². The number of carbonyl (C=O) groups is 1. The summed E-state index contributed by atoms with van der Waals surface area (Å²) in [4.78, 5) is 15.5. The number of halogens is 1. The number of hydrogen-bond acceptors (Lipinski definition) is 3. The van der Waals surface area contributed by atoms with Crippen molar-refractivity contribution in [2.45, 2.75) is 51.5 Å². The van der Waals surface area contributed by atoms with E-state index in [-0.39, 0.29) is 18.3 Å². The molecule has 6 heteroatoms. The summed E-state index contributed by atoms with van der Waals surface area (Å²) >= 11 is 0. The molecule has 0 radical (unpaired) electrons. The van der Waals surface area contributed by atoms with Gasteiger partial charge in [0.2, 0.25) is 0 Å². The molecule has 0 aliphatic carbocycles. The van der Waals surface area contributed by atoms with Crippen LogP contribution in [0.25, 0.3) is 0 Å². The molecule has 1 aromatic rings. The first-order chi connectivity index (χ1) is 10.5. The van der Waals surface area contributed by atoms with Gasteiger partial charge < -0.3 is 10.2 Å². The third kappa shape index (κ3) is 3.72. The van der Waals surface area contributed by atoms with Crippen molar-refractivity contribution in [2.24, 2.45) is 5.41 Å². The van der Waals surface area contributed by atoms with Crippen LogP contribution in [0.1, 0.15) is 46.0 Å². The summed E-state index contributed by atoms with van der Waals surface area (Å²) in [5.41, 5.74) is -0.134. The van der Waals surface area contributed by atoms with Gasteiger partial charge in [-0.25, -0.2) is 0 Å². The summed E-state index contributed by atoms with van der Waals surface area (Å²) in [5.74, 6) is 0.274. The Kier molecular flexibility index (Phi) is 5.74. The van der Waals surface area contributed by atoms with Crippen LogP contribution in [0.15, 0.2) is 18.5 Å². The average Bonchev–Trinajstić information content (AvgIpc) is 2.99. The highest BCUT2D eigenvalue weighted by atomic mass is 35.5. The summed E-state index contributed by atoms with van der Waals surface area (Å²) in [5, 5.41) is 7.79. The van der Waals surface area contributed by atoms with Crippen LogP contribution in [-0.2, 0) is 10.3 Å². The Bertz CT molecular complexity index is 509. The Morgan fingerprint density at radius 1 is 1.13 bits per heavy atom. The number of nitrogens with one attached hydrogen (secondary N) is 1. The van der Waals surface area contributed by atoms with Gasteiger partial charge >= 0.3 is 0 Å². The second-order valence-electron chi connectivity index (χ2n) is 7.54. The van der Waals surface area contributed by atoms with Crippen molar-refractivity contribution in [3.8, 4) is 0 Å². The van der Waals surface area contributed by atoms with Crippen molar-refractivity contribution < 1.29 is 4.79 Å². The highest BCUT2D eigenvalue weighted by Gasteiger charge is 2.44. The second-order valence-corrected chi connectivity index (χ2v) is 7.54. The first kappa shape index (κ1) is 18.3. The second kappa shape index (κ2) is 7.22. The fourth-order valence-corrected chi connectivity index (χ4v) is 3.82. The molecule has 0 unspecified atom stereocenters. The number of hydrogen-bond donors (Lipinski definition) is 1. The largest absolute Gasteiger partial charge is 0.341 e. The highest BCUT2D eigenvalue weighted by Crippen LogP contribution is 2.34. The molecule has 3 heterocycles. The lowest BCUT2D eigenvalue weighted by molar-refractivity contribution is -0.143. The maximum absolute atomic E-state index is 13.4. The predicted molar refractivity (Wildman–Crippen MR) is 93.8 cm³/mol. The number of likely N-dealkylation sites (tertiary alicyclic amines) is 1. The van der Waals surface area contributed by atoms with Crippen molar-refractivity contribution in [3.05, 3.63) is 18.5 Å². The van der Waals surface area contributed by atoms with E-state index < -0.39 is 5.54 Å². The Morgan fingerprint density at radius 3 is 2.52 bits per heavy atom. The van der Waals surface area contributed by atoms with Gasteiger partial charge in [-0.05, 0) is 56.7 Å². The zero-order chi connectivity index (χ0) is 15.6. The lowest BCUT2D eigenvalue weighted by atomic mass is 9.85. The minimum absolute atomic E-state index is 0. The molecule has 2 fully saturated rings. The fraction of sp³-hybridized carbons (Fsp3) is 0.765. The molecule has 2 aliphatic heterocycles. The van der Waals surface area contributed by atoms with Gasteiger partial charge in [-0.3, -0.25) is 9.48 Å². The monoisotopic (exact) mass is 340 g/mol. The molecule has 0 aromatic carbocycles. The molecule has 2 saturated heterocycles. The van der Waals surface area contributed by atoms with Gasteiger partial charge in [-0.2, -0.15) is 5.10 Å². The maximum atomic E-state index is 13.4. The van der Waals surface area contributed by atoms with E-state index in [1.807, 2.05) is 16.9 Å². The van der Waals surface area contributed by atoms with Crippen LogP contribution in [0, 0.1) is 5.41 Å². The summed E-state index contributed by atoms with van der Waals surface area (Å²) in [6, 6.07) is 1.92. The zero-order valence-electron chi connectivity index (χ0n) is 14.3. The third-order valence-electron chi connectivity index (χ3n) is 5.40. The van der Waals surface area contributed by atoms with Crippen LogP contribution in [0.3, 0.4) is 0 Å². The Hall–Kier alpha value is -1.07. The molecule has 130 valence electrons. The molecule has 1 aromatic heterocycles. The van der Waals surface area contributed by atoms with Crippen LogP contribution in [0.2, 0.25) is 0 Å². The molecule has 2 aliphatic rings. The summed E-state index contributed by atoms with van der Waals surface area (Å²) in [6.45, 7) is 8.15. The van der Waals surface area contributed by atoms with E-state index in [4.69, 9.17) is 0 Å². The molecule has 23 heavy (non-hydrogen) atoms. The van der Waals surface area contributed by atoms with E-state index >= 15 is 0 Å². The quantitative estimate of drug-likeness (QED) is 0.899. The van der Waals surface area contributed by atoms with E-state index in [0.717, 1.165) is 51.9 Å². The topological polar surface area (TPSA) is 50.2 Å². The van der Waals surface area contributed by atoms with E-state index in [1.54, 1.807) is 6.20 Å². The van der Waals surface area contributed by atoms with Gasteiger partial charge in [0.05, 0.1) is 0 Å². The lowest BCUT2D eigenvalue weighted by Gasteiger charge is -2.40. The zero-order valence-corrected chi connectivity index (χ0v) is 15.1. The van der Waals surface area contributed by atoms with Crippen molar-refractivity contribution in [1.29, 1.82) is 0 Å². The van der Waals surface area contributed by atoms with Gasteiger partial charge in [0.25, 0.3) is 5.91 Å². The number of aromatic nitrogens is 2. The Balaban J connectivity index is 0.00000192. The van der Waals surface area contributed by atoms with Crippen LogP contribution in [0.4, 0.5) is 0 Å². The first-order valence-corrected chi connectivity index (χ1v) is 8.54. The minimum atomic E-state index is -0.483. The summed E-state index contributed by atoms with van der Waals surface area (Å²) < 4.78 is 1.91. The number of piperidine rings is 1. The van der Waals surface area contributed by atoms with Crippen LogP contribution in [0.5, 0.6) is 0 Å². The molecule has 0 spiro atoms. The van der Waals surface area contributed by atoms with Crippen LogP contribution >= 0.6 is 12.4 Å². The van der Waals surface area contributed by atoms with E-state index in [9.17, 15) is 4.79 Å². The summed E-state index contributed by atoms with van der Waals surface area (Å²) in [7, 11) is 0. The first-order valence-electron chi connectivity index (χ1n) is 8.54. The SMILES string of the molecule is CC1(C)CCCN(C(=O)C2(n3cccn3)CCNCC2)CC1.Cl. The van der Waals surface area contributed by atoms with E-state index in [0.29, 0.717) is 5.41 Å². The Morgan fingerprint density at radius 2 is 1.87 bits per heavy atom. The molecule has 0 saturated carbocycles. The number of amides is 1. The molecule has 1 N–H and O–H groups in total. The van der Waals surface area contributed by atoms with Gasteiger partial charge in [-0.1, -0.05) is 13.8 Å². The van der Waals surface area contributed by atoms with Gasteiger partial charge in [-0.15, -0.1) is 12.4 Å². The normalized spacial score (nSPS) is 23.7. The molecule has 3 rings (SSSR count). The smallest absolute Gasteiger partial charge is 0.250 e. The Labute approximate surface area is 145 Å². The highest BCUT2D eigenvalue weighted by molar-refractivity contribution is 5.85. The molecular formula is C17H29ClN4O. The van der Waals surface area contributed by atoms with Crippen molar-refractivity contribution in [2.75, 3.05) is 26.2 Å². The third-order valence-corrected chi connectivity index (χ3v) is 5.40. The van der Waals surface area contributed by atoms with Gasteiger partial charge in [0.1, 0.15) is 5.54 Å². The van der Waals surface area contributed by atoms with Crippen molar-refractivity contribution >= 4 is 18.3 Å². The lowest BCUT2D eigenvalue weighted by Crippen LogP contribution is -2.56. The fourth-order valence-electron chi connectivity index (χ4n) is 3.82. The van der Waals surface area contributed by atoms with E-state index in [1.165, 1.54) is 6.42 Å². The molecule has 5 nitrogen and oxygen atoms in total. The minimum Gasteiger partial charge on any atom is -0.341 e. The molecule has 0 bridgehead atoms. The number of nitrogens with zero attached hydrogens (tertiary/aromatic N) is 3. The van der Waals surface area contributed by atoms with E-state index in [2.05, 4.69) is 29.2 Å². The van der Waals surface area contributed by atoms with Gasteiger partial charge in [0, 0.05) is 25.5 Å². The molecule has 0 atom stereocenters. The molecular weight excluding hydrogens is 312 g/mol.